The van der Waals surface area contributed by atoms with Gasteiger partial charge >= 0.3 is 0 Å². The first kappa shape index (κ1) is 16.8. The third-order valence-electron chi connectivity index (χ3n) is 4.89. The summed E-state index contributed by atoms with van der Waals surface area (Å²) in [4.78, 5) is 11.3. The molecule has 136 valence electrons. The summed E-state index contributed by atoms with van der Waals surface area (Å²) in [6.07, 6.45) is 8.58. The molecule has 7 heteroatoms. The van der Waals surface area contributed by atoms with Crippen molar-refractivity contribution in [1.82, 2.24) is 29.2 Å². The van der Waals surface area contributed by atoms with E-state index < -0.39 is 0 Å². The van der Waals surface area contributed by atoms with E-state index in [1.165, 1.54) is 11.3 Å². The fraction of sp³-hybridized carbons (Fsp3) is 0.421. The van der Waals surface area contributed by atoms with Crippen molar-refractivity contribution in [3.05, 3.63) is 60.1 Å². The molecule has 1 aliphatic rings. The van der Waals surface area contributed by atoms with E-state index in [1.54, 1.807) is 6.20 Å². The first-order valence-corrected chi connectivity index (χ1v) is 9.00. The van der Waals surface area contributed by atoms with Crippen molar-refractivity contribution >= 4 is 0 Å². The van der Waals surface area contributed by atoms with Crippen LogP contribution in [0.25, 0.3) is 0 Å². The summed E-state index contributed by atoms with van der Waals surface area (Å²) >= 11 is 0. The predicted octanol–water partition coefficient (Wildman–Crippen LogP) is 2.21. The molecule has 4 heterocycles. The minimum Gasteiger partial charge on any atom is -0.477 e. The van der Waals surface area contributed by atoms with E-state index >= 15 is 0 Å². The Hall–Kier alpha value is -2.67. The van der Waals surface area contributed by atoms with Gasteiger partial charge in [0.15, 0.2) is 0 Å². The van der Waals surface area contributed by atoms with E-state index in [-0.39, 0.29) is 6.04 Å². The maximum Gasteiger partial charge on any atom is 0.213 e. The summed E-state index contributed by atoms with van der Waals surface area (Å²) in [5.41, 5.74) is 2.46. The SMILES string of the molecule is C[C@@H]1c2ncc(CCOc3ccccn3)n2CCN1Cc1cnn(C)c1. The van der Waals surface area contributed by atoms with Gasteiger partial charge in [0.25, 0.3) is 0 Å². The summed E-state index contributed by atoms with van der Waals surface area (Å²) < 4.78 is 9.92. The second kappa shape index (κ2) is 7.29. The summed E-state index contributed by atoms with van der Waals surface area (Å²) in [5.74, 6) is 1.80. The molecule has 4 rings (SSSR count). The molecule has 0 aliphatic carbocycles. The average Bonchev–Trinajstić information content (AvgIpc) is 3.25. The summed E-state index contributed by atoms with van der Waals surface area (Å²) in [5, 5.41) is 4.26. The number of nitrogens with zero attached hydrogens (tertiary/aromatic N) is 6. The minimum absolute atomic E-state index is 0.286. The lowest BCUT2D eigenvalue weighted by Gasteiger charge is -2.34. The van der Waals surface area contributed by atoms with E-state index in [0.29, 0.717) is 12.5 Å². The van der Waals surface area contributed by atoms with Crippen LogP contribution in [0.5, 0.6) is 5.88 Å². The van der Waals surface area contributed by atoms with Crippen LogP contribution in [0.15, 0.2) is 43.0 Å². The molecule has 7 nitrogen and oxygen atoms in total. The monoisotopic (exact) mass is 352 g/mol. The van der Waals surface area contributed by atoms with Gasteiger partial charge in [-0.1, -0.05) is 6.07 Å². The van der Waals surface area contributed by atoms with E-state index in [1.807, 2.05) is 42.3 Å². The number of aryl methyl sites for hydroxylation is 1. The van der Waals surface area contributed by atoms with Gasteiger partial charge in [0.05, 0.1) is 18.8 Å². The summed E-state index contributed by atoms with van der Waals surface area (Å²) in [7, 11) is 1.95. The number of hydrogen-bond donors (Lipinski definition) is 0. The van der Waals surface area contributed by atoms with Gasteiger partial charge in [-0.3, -0.25) is 9.58 Å². The Bertz CT molecular complexity index is 856. The fourth-order valence-electron chi connectivity index (χ4n) is 3.50. The number of hydrogen-bond acceptors (Lipinski definition) is 5. The van der Waals surface area contributed by atoms with Gasteiger partial charge < -0.3 is 9.30 Å². The van der Waals surface area contributed by atoms with E-state index in [9.17, 15) is 0 Å². The Morgan fingerprint density at radius 1 is 1.19 bits per heavy atom. The van der Waals surface area contributed by atoms with Crippen LogP contribution in [0.1, 0.15) is 30.0 Å². The maximum atomic E-state index is 5.73. The van der Waals surface area contributed by atoms with Crippen LogP contribution < -0.4 is 4.74 Å². The highest BCUT2D eigenvalue weighted by molar-refractivity contribution is 5.14. The third-order valence-corrected chi connectivity index (χ3v) is 4.89. The average molecular weight is 352 g/mol. The predicted molar refractivity (Wildman–Crippen MR) is 97.7 cm³/mol. The highest BCUT2D eigenvalue weighted by atomic mass is 16.5. The lowest BCUT2D eigenvalue weighted by molar-refractivity contribution is 0.154. The molecule has 0 aromatic carbocycles. The van der Waals surface area contributed by atoms with Crippen molar-refractivity contribution in [1.29, 1.82) is 0 Å². The Labute approximate surface area is 153 Å². The smallest absolute Gasteiger partial charge is 0.213 e. The first-order valence-electron chi connectivity index (χ1n) is 9.00. The molecular formula is C19H24N6O. The molecule has 0 amide bonds. The highest BCUT2D eigenvalue weighted by Gasteiger charge is 2.27. The number of aromatic nitrogens is 5. The molecule has 0 saturated heterocycles. The van der Waals surface area contributed by atoms with Gasteiger partial charge in [-0.25, -0.2) is 9.97 Å². The molecule has 0 radical (unpaired) electrons. The molecule has 0 N–H and O–H groups in total. The molecule has 1 atom stereocenters. The van der Waals surface area contributed by atoms with Gasteiger partial charge in [0.2, 0.25) is 5.88 Å². The zero-order valence-corrected chi connectivity index (χ0v) is 15.2. The van der Waals surface area contributed by atoms with Crippen LogP contribution in [-0.2, 0) is 26.6 Å². The second-order valence-corrected chi connectivity index (χ2v) is 6.69. The van der Waals surface area contributed by atoms with Crippen molar-refractivity contribution < 1.29 is 4.74 Å². The zero-order valence-electron chi connectivity index (χ0n) is 15.2. The Morgan fingerprint density at radius 3 is 2.88 bits per heavy atom. The van der Waals surface area contributed by atoms with Crippen LogP contribution >= 0.6 is 0 Å². The summed E-state index contributed by atoms with van der Waals surface area (Å²) in [6.45, 7) is 5.70. The number of rotatable bonds is 6. The molecule has 3 aromatic heterocycles. The Morgan fingerprint density at radius 2 is 2.12 bits per heavy atom. The van der Waals surface area contributed by atoms with Crippen molar-refractivity contribution in [3.63, 3.8) is 0 Å². The standard InChI is InChI=1S/C19H24N6O/c1-15-19-21-12-17(6-10-26-18-5-3-4-7-20-18)25(19)9-8-24(15)14-16-11-22-23(2)13-16/h3-5,7,11-13,15H,6,8-10,14H2,1-2H3/t15-/m1/s1. The van der Waals surface area contributed by atoms with E-state index in [0.717, 1.165) is 31.9 Å². The molecule has 3 aromatic rings. The van der Waals surface area contributed by atoms with E-state index in [4.69, 9.17) is 4.74 Å². The lowest BCUT2D eigenvalue weighted by Crippen LogP contribution is -2.37. The van der Waals surface area contributed by atoms with Gasteiger partial charge in [-0.2, -0.15) is 5.10 Å². The van der Waals surface area contributed by atoms with Gasteiger partial charge in [-0.15, -0.1) is 0 Å². The van der Waals surface area contributed by atoms with Crippen LogP contribution in [0, 0.1) is 0 Å². The van der Waals surface area contributed by atoms with Gasteiger partial charge in [-0.05, 0) is 13.0 Å². The number of ether oxygens (including phenoxy) is 1. The van der Waals surface area contributed by atoms with Crippen LogP contribution in [-0.4, -0.2) is 42.4 Å². The summed E-state index contributed by atoms with van der Waals surface area (Å²) in [6, 6.07) is 5.99. The molecule has 0 unspecified atom stereocenters. The number of pyridine rings is 1. The normalized spacial score (nSPS) is 17.2. The van der Waals surface area contributed by atoms with E-state index in [2.05, 4.69) is 37.7 Å². The molecule has 0 saturated carbocycles. The maximum absolute atomic E-state index is 5.73. The minimum atomic E-state index is 0.286. The van der Waals surface area contributed by atoms with Crippen LogP contribution in [0.3, 0.4) is 0 Å². The van der Waals surface area contributed by atoms with Gasteiger partial charge in [0, 0.05) is 69.0 Å². The Balaban J connectivity index is 1.39. The molecule has 0 spiro atoms. The van der Waals surface area contributed by atoms with Crippen molar-refractivity contribution in [3.8, 4) is 5.88 Å². The zero-order chi connectivity index (χ0) is 17.9. The van der Waals surface area contributed by atoms with Crippen molar-refractivity contribution in [2.45, 2.75) is 32.5 Å². The first-order chi connectivity index (χ1) is 12.7. The number of fused-ring (bicyclic) bond motifs is 1. The van der Waals surface area contributed by atoms with Crippen molar-refractivity contribution in [2.75, 3.05) is 13.2 Å². The highest BCUT2D eigenvalue weighted by Crippen LogP contribution is 2.27. The largest absolute Gasteiger partial charge is 0.477 e. The molecule has 0 fully saturated rings. The quantitative estimate of drug-likeness (QED) is 0.681. The lowest BCUT2D eigenvalue weighted by atomic mass is 10.2. The third kappa shape index (κ3) is 3.48. The molecule has 0 bridgehead atoms. The molecule has 1 aliphatic heterocycles. The topological polar surface area (TPSA) is 61.0 Å². The fourth-order valence-corrected chi connectivity index (χ4v) is 3.50. The molecular weight excluding hydrogens is 328 g/mol. The van der Waals surface area contributed by atoms with Gasteiger partial charge in [0.1, 0.15) is 5.82 Å². The molecule has 26 heavy (non-hydrogen) atoms. The van der Waals surface area contributed by atoms with Crippen molar-refractivity contribution in [2.24, 2.45) is 7.05 Å². The number of imidazole rings is 1. The second-order valence-electron chi connectivity index (χ2n) is 6.69. The van der Waals surface area contributed by atoms with Crippen LogP contribution in [0.4, 0.5) is 0 Å². The Kier molecular flexibility index (Phi) is 4.71. The van der Waals surface area contributed by atoms with Crippen LogP contribution in [0.2, 0.25) is 0 Å².